The number of ether oxygens (including phenoxy) is 2. The van der Waals surface area contributed by atoms with Crippen LogP contribution in [-0.2, 0) is 20.7 Å². The molecule has 1 saturated carbocycles. The first-order valence-electron chi connectivity index (χ1n) is 7.15. The molecule has 2 unspecified atom stereocenters. The molecule has 5 nitrogen and oxygen atoms in total. The second-order valence-electron chi connectivity index (χ2n) is 5.43. The van der Waals surface area contributed by atoms with Crippen LogP contribution < -0.4 is 5.32 Å². The standard InChI is InChI=1S/C14H20N2O3S/c1-18-12(17)5-4-10-8-20-14(15-10)16-11-6-7-19-13(11)9-2-3-9/h8-9,11,13H,2-7H2,1H3,(H,15,16). The first kappa shape index (κ1) is 13.8. The Labute approximate surface area is 122 Å². The largest absolute Gasteiger partial charge is 0.469 e. The number of aryl methyl sites for hydroxylation is 1. The molecular formula is C14H20N2O3S. The van der Waals surface area contributed by atoms with Crippen molar-refractivity contribution >= 4 is 22.4 Å². The van der Waals surface area contributed by atoms with Crippen LogP contribution in [0.4, 0.5) is 5.13 Å². The van der Waals surface area contributed by atoms with Gasteiger partial charge in [0.1, 0.15) is 0 Å². The maximum absolute atomic E-state index is 11.1. The highest BCUT2D eigenvalue weighted by Crippen LogP contribution is 2.39. The zero-order valence-corrected chi connectivity index (χ0v) is 12.4. The molecular weight excluding hydrogens is 276 g/mol. The van der Waals surface area contributed by atoms with E-state index in [4.69, 9.17) is 4.74 Å². The average molecular weight is 296 g/mol. The van der Waals surface area contributed by atoms with Gasteiger partial charge in [0.15, 0.2) is 5.13 Å². The SMILES string of the molecule is COC(=O)CCc1csc(NC2CCOC2C2CC2)n1. The van der Waals surface area contributed by atoms with E-state index in [2.05, 4.69) is 15.0 Å². The molecule has 2 aliphatic rings. The van der Waals surface area contributed by atoms with Crippen LogP contribution in [0, 0.1) is 5.92 Å². The quantitative estimate of drug-likeness (QED) is 0.816. The molecule has 0 aromatic carbocycles. The van der Waals surface area contributed by atoms with Crippen molar-refractivity contribution in [3.05, 3.63) is 11.1 Å². The molecule has 0 radical (unpaired) electrons. The molecule has 1 aliphatic carbocycles. The van der Waals surface area contributed by atoms with Gasteiger partial charge in [0.2, 0.25) is 0 Å². The van der Waals surface area contributed by atoms with Crippen molar-refractivity contribution in [2.75, 3.05) is 19.0 Å². The molecule has 1 saturated heterocycles. The number of thiazole rings is 1. The van der Waals surface area contributed by atoms with Gasteiger partial charge in [-0.05, 0) is 25.2 Å². The lowest BCUT2D eigenvalue weighted by atomic mass is 10.1. The predicted octanol–water partition coefficient (Wildman–Crippen LogP) is 2.23. The molecule has 2 fully saturated rings. The minimum atomic E-state index is -0.189. The van der Waals surface area contributed by atoms with Gasteiger partial charge in [0.05, 0.1) is 31.4 Å². The number of esters is 1. The Morgan fingerprint density at radius 1 is 1.55 bits per heavy atom. The number of rotatable bonds is 6. The summed E-state index contributed by atoms with van der Waals surface area (Å²) in [5, 5.41) is 6.44. The lowest BCUT2D eigenvalue weighted by Crippen LogP contribution is -2.30. The number of nitrogens with zero attached hydrogens (tertiary/aromatic N) is 1. The van der Waals surface area contributed by atoms with Crippen molar-refractivity contribution in [2.24, 2.45) is 5.92 Å². The number of methoxy groups -OCH3 is 1. The fraction of sp³-hybridized carbons (Fsp3) is 0.714. The van der Waals surface area contributed by atoms with Gasteiger partial charge in [-0.25, -0.2) is 4.98 Å². The maximum Gasteiger partial charge on any atom is 0.305 e. The summed E-state index contributed by atoms with van der Waals surface area (Å²) < 4.78 is 10.5. The van der Waals surface area contributed by atoms with Gasteiger partial charge in [-0.2, -0.15) is 0 Å². The van der Waals surface area contributed by atoms with Gasteiger partial charge < -0.3 is 14.8 Å². The van der Waals surface area contributed by atoms with Gasteiger partial charge in [-0.1, -0.05) is 0 Å². The van der Waals surface area contributed by atoms with E-state index >= 15 is 0 Å². The third-order valence-corrected chi connectivity index (χ3v) is 4.72. The summed E-state index contributed by atoms with van der Waals surface area (Å²) in [7, 11) is 1.41. The van der Waals surface area contributed by atoms with Crippen LogP contribution in [0.5, 0.6) is 0 Å². The van der Waals surface area contributed by atoms with E-state index in [0.29, 0.717) is 25.0 Å². The molecule has 1 aromatic heterocycles. The van der Waals surface area contributed by atoms with E-state index in [-0.39, 0.29) is 5.97 Å². The minimum Gasteiger partial charge on any atom is -0.469 e. The predicted molar refractivity (Wildman–Crippen MR) is 76.9 cm³/mol. The van der Waals surface area contributed by atoms with Crippen molar-refractivity contribution in [2.45, 2.75) is 44.2 Å². The van der Waals surface area contributed by atoms with Crippen LogP contribution in [0.25, 0.3) is 0 Å². The van der Waals surface area contributed by atoms with Crippen LogP contribution in [0.2, 0.25) is 0 Å². The van der Waals surface area contributed by atoms with E-state index in [9.17, 15) is 4.79 Å². The first-order chi connectivity index (χ1) is 9.76. The molecule has 0 amide bonds. The molecule has 20 heavy (non-hydrogen) atoms. The average Bonchev–Trinajstić information content (AvgIpc) is 3.03. The molecule has 3 rings (SSSR count). The van der Waals surface area contributed by atoms with Gasteiger partial charge >= 0.3 is 5.97 Å². The Morgan fingerprint density at radius 3 is 3.15 bits per heavy atom. The van der Waals surface area contributed by atoms with Gasteiger partial charge in [-0.15, -0.1) is 11.3 Å². The Hall–Kier alpha value is -1.14. The number of hydrogen-bond acceptors (Lipinski definition) is 6. The van der Waals surface area contributed by atoms with Crippen LogP contribution in [0.15, 0.2) is 5.38 Å². The number of aromatic nitrogens is 1. The van der Waals surface area contributed by atoms with Gasteiger partial charge in [0, 0.05) is 18.4 Å². The monoisotopic (exact) mass is 296 g/mol. The van der Waals surface area contributed by atoms with E-state index in [1.807, 2.05) is 5.38 Å². The number of carbonyl (C=O) groups is 1. The third kappa shape index (κ3) is 3.30. The summed E-state index contributed by atoms with van der Waals surface area (Å²) in [6.45, 7) is 0.847. The smallest absolute Gasteiger partial charge is 0.305 e. The maximum atomic E-state index is 11.1. The normalized spacial score (nSPS) is 25.6. The number of hydrogen-bond donors (Lipinski definition) is 1. The van der Waals surface area contributed by atoms with Crippen molar-refractivity contribution in [1.82, 2.24) is 4.98 Å². The van der Waals surface area contributed by atoms with Gasteiger partial charge in [0.25, 0.3) is 0 Å². The van der Waals surface area contributed by atoms with Crippen molar-refractivity contribution in [1.29, 1.82) is 0 Å². The lowest BCUT2D eigenvalue weighted by molar-refractivity contribution is -0.140. The van der Waals surface area contributed by atoms with E-state index in [1.165, 1.54) is 20.0 Å². The zero-order chi connectivity index (χ0) is 13.9. The minimum absolute atomic E-state index is 0.189. The number of anilines is 1. The van der Waals surface area contributed by atoms with Crippen molar-refractivity contribution in [3.63, 3.8) is 0 Å². The summed E-state index contributed by atoms with van der Waals surface area (Å²) in [6.07, 6.45) is 5.03. The second kappa shape index (κ2) is 6.10. The highest BCUT2D eigenvalue weighted by atomic mass is 32.1. The molecule has 6 heteroatoms. The Kier molecular flexibility index (Phi) is 4.21. The highest BCUT2D eigenvalue weighted by molar-refractivity contribution is 7.13. The summed E-state index contributed by atoms with van der Waals surface area (Å²) in [6, 6.07) is 0.391. The fourth-order valence-corrected chi connectivity index (χ4v) is 3.44. The topological polar surface area (TPSA) is 60.5 Å². The van der Waals surface area contributed by atoms with Crippen LogP contribution >= 0.6 is 11.3 Å². The molecule has 0 bridgehead atoms. The second-order valence-corrected chi connectivity index (χ2v) is 6.29. The van der Waals surface area contributed by atoms with Gasteiger partial charge in [-0.3, -0.25) is 4.79 Å². The summed E-state index contributed by atoms with van der Waals surface area (Å²) in [5.74, 6) is 0.555. The molecule has 1 aliphatic heterocycles. The summed E-state index contributed by atoms with van der Waals surface area (Å²) in [4.78, 5) is 15.7. The van der Waals surface area contributed by atoms with Crippen LogP contribution in [0.1, 0.15) is 31.4 Å². The molecule has 2 atom stereocenters. The Bertz CT molecular complexity index is 473. The number of nitrogens with one attached hydrogen (secondary N) is 1. The Morgan fingerprint density at radius 2 is 2.40 bits per heavy atom. The zero-order valence-electron chi connectivity index (χ0n) is 11.6. The summed E-state index contributed by atoms with van der Waals surface area (Å²) >= 11 is 1.60. The fourth-order valence-electron chi connectivity index (χ4n) is 2.63. The van der Waals surface area contributed by atoms with E-state index in [0.717, 1.165) is 29.8 Å². The van der Waals surface area contributed by atoms with E-state index in [1.54, 1.807) is 11.3 Å². The first-order valence-corrected chi connectivity index (χ1v) is 8.03. The molecule has 110 valence electrons. The lowest BCUT2D eigenvalue weighted by Gasteiger charge is -2.18. The van der Waals surface area contributed by atoms with Crippen LogP contribution in [0.3, 0.4) is 0 Å². The molecule has 0 spiro atoms. The molecule has 2 heterocycles. The molecule has 1 aromatic rings. The Balaban J connectivity index is 1.52. The highest BCUT2D eigenvalue weighted by Gasteiger charge is 2.40. The van der Waals surface area contributed by atoms with Crippen molar-refractivity contribution in [3.8, 4) is 0 Å². The molecule has 1 N–H and O–H groups in total. The summed E-state index contributed by atoms with van der Waals surface area (Å²) in [5.41, 5.74) is 0.949. The van der Waals surface area contributed by atoms with Crippen molar-refractivity contribution < 1.29 is 14.3 Å². The number of carbonyl (C=O) groups excluding carboxylic acids is 1. The third-order valence-electron chi connectivity index (χ3n) is 3.90. The van der Waals surface area contributed by atoms with E-state index < -0.39 is 0 Å². The van der Waals surface area contributed by atoms with Crippen LogP contribution in [-0.4, -0.2) is 36.8 Å².